The van der Waals surface area contributed by atoms with Gasteiger partial charge in [0.1, 0.15) is 0 Å². The third-order valence-corrected chi connectivity index (χ3v) is 5.60. The molecule has 6 nitrogen and oxygen atoms in total. The second-order valence-electron chi connectivity index (χ2n) is 6.67. The van der Waals surface area contributed by atoms with E-state index in [-0.39, 0.29) is 11.9 Å². The van der Waals surface area contributed by atoms with E-state index in [1.54, 1.807) is 33.5 Å². The molecule has 1 aliphatic rings. The van der Waals surface area contributed by atoms with Crippen molar-refractivity contribution in [1.82, 2.24) is 9.80 Å². The summed E-state index contributed by atoms with van der Waals surface area (Å²) in [6.45, 7) is 1.67. The standard InChI is InChI=1S/C20H30N2O4S/c1-21(2)13-16-14-27-10-6-9-22(16)19(23)8-7-15-11-17(24-3)20(26-5)18(12-15)25-4/h7-8,11-12,16H,6,9-10,13-14H2,1-5H3/b8-7+. The van der Waals surface area contributed by atoms with Gasteiger partial charge in [0.15, 0.2) is 11.5 Å². The smallest absolute Gasteiger partial charge is 0.246 e. The van der Waals surface area contributed by atoms with Crippen molar-refractivity contribution in [3.63, 3.8) is 0 Å². The molecule has 0 N–H and O–H groups in total. The van der Waals surface area contributed by atoms with Crippen LogP contribution in [0.1, 0.15) is 12.0 Å². The average molecular weight is 395 g/mol. The summed E-state index contributed by atoms with van der Waals surface area (Å²) in [4.78, 5) is 17.0. The molecular weight excluding hydrogens is 364 g/mol. The van der Waals surface area contributed by atoms with E-state index in [2.05, 4.69) is 4.90 Å². The molecule has 1 atom stereocenters. The molecule has 0 spiro atoms. The van der Waals surface area contributed by atoms with Gasteiger partial charge in [0.2, 0.25) is 11.7 Å². The second-order valence-corrected chi connectivity index (χ2v) is 7.82. The molecule has 1 aromatic rings. The van der Waals surface area contributed by atoms with Crippen LogP contribution in [0.25, 0.3) is 6.08 Å². The summed E-state index contributed by atoms with van der Waals surface area (Å²) in [6, 6.07) is 3.89. The van der Waals surface area contributed by atoms with Crippen molar-refractivity contribution >= 4 is 23.7 Å². The van der Waals surface area contributed by atoms with Crippen molar-refractivity contribution in [2.45, 2.75) is 12.5 Å². The zero-order chi connectivity index (χ0) is 19.8. The number of benzene rings is 1. The lowest BCUT2D eigenvalue weighted by molar-refractivity contribution is -0.128. The SMILES string of the molecule is COc1cc(/C=C/C(=O)N2CCCSCC2CN(C)C)cc(OC)c1OC. The molecule has 2 rings (SSSR count). The third-order valence-electron chi connectivity index (χ3n) is 4.40. The fourth-order valence-electron chi connectivity index (χ4n) is 3.15. The normalized spacial score (nSPS) is 17.9. The first-order chi connectivity index (χ1) is 13.0. The van der Waals surface area contributed by atoms with E-state index in [0.29, 0.717) is 17.2 Å². The minimum atomic E-state index is 0.0399. The quantitative estimate of drug-likeness (QED) is 0.663. The van der Waals surface area contributed by atoms with E-state index in [1.165, 1.54) is 0 Å². The molecule has 1 aliphatic heterocycles. The maximum absolute atomic E-state index is 12.9. The summed E-state index contributed by atoms with van der Waals surface area (Å²) >= 11 is 1.92. The van der Waals surface area contributed by atoms with E-state index in [1.807, 2.05) is 42.9 Å². The Morgan fingerprint density at radius 3 is 2.44 bits per heavy atom. The summed E-state index contributed by atoms with van der Waals surface area (Å²) in [7, 11) is 8.82. The van der Waals surface area contributed by atoms with Crippen molar-refractivity contribution < 1.29 is 19.0 Å². The Morgan fingerprint density at radius 2 is 1.89 bits per heavy atom. The molecule has 1 heterocycles. The Balaban J connectivity index is 2.21. The van der Waals surface area contributed by atoms with E-state index in [0.717, 1.165) is 36.6 Å². The maximum atomic E-state index is 12.9. The van der Waals surface area contributed by atoms with Gasteiger partial charge >= 0.3 is 0 Å². The highest BCUT2D eigenvalue weighted by molar-refractivity contribution is 7.99. The molecule has 0 bridgehead atoms. The van der Waals surface area contributed by atoms with Crippen LogP contribution < -0.4 is 14.2 Å². The largest absolute Gasteiger partial charge is 0.493 e. The number of rotatable bonds is 7. The molecule has 1 unspecified atom stereocenters. The molecule has 0 aliphatic carbocycles. The summed E-state index contributed by atoms with van der Waals surface area (Å²) in [5.41, 5.74) is 0.825. The van der Waals surface area contributed by atoms with Gasteiger partial charge in [-0.25, -0.2) is 0 Å². The summed E-state index contributed by atoms with van der Waals surface area (Å²) < 4.78 is 16.1. The number of methoxy groups -OCH3 is 3. The van der Waals surface area contributed by atoms with Crippen LogP contribution in [0.5, 0.6) is 17.2 Å². The zero-order valence-corrected chi connectivity index (χ0v) is 17.7. The maximum Gasteiger partial charge on any atom is 0.246 e. The van der Waals surface area contributed by atoms with E-state index in [9.17, 15) is 4.79 Å². The fraction of sp³-hybridized carbons (Fsp3) is 0.550. The summed E-state index contributed by atoms with van der Waals surface area (Å²) in [5, 5.41) is 0. The van der Waals surface area contributed by atoms with Crippen molar-refractivity contribution in [1.29, 1.82) is 0 Å². The Hall–Kier alpha value is -1.86. The lowest BCUT2D eigenvalue weighted by Gasteiger charge is -2.30. The van der Waals surface area contributed by atoms with E-state index >= 15 is 0 Å². The van der Waals surface area contributed by atoms with Crippen molar-refractivity contribution in [3.05, 3.63) is 23.8 Å². The monoisotopic (exact) mass is 394 g/mol. The first-order valence-corrected chi connectivity index (χ1v) is 10.2. The zero-order valence-electron chi connectivity index (χ0n) is 16.9. The molecule has 1 saturated heterocycles. The van der Waals surface area contributed by atoms with Gasteiger partial charge in [-0.15, -0.1) is 0 Å². The number of thioether (sulfide) groups is 1. The van der Waals surface area contributed by atoms with Gasteiger partial charge in [-0.1, -0.05) is 0 Å². The van der Waals surface area contributed by atoms with Crippen LogP contribution in [0.4, 0.5) is 0 Å². The molecule has 1 aromatic carbocycles. The predicted octanol–water partition coefficient (Wildman–Crippen LogP) is 2.62. The Bertz CT molecular complexity index is 638. The van der Waals surface area contributed by atoms with Gasteiger partial charge in [0.25, 0.3) is 0 Å². The number of nitrogens with zero attached hydrogens (tertiary/aromatic N) is 2. The Labute approximate surface area is 166 Å². The summed E-state index contributed by atoms with van der Waals surface area (Å²) in [5.74, 6) is 3.80. The van der Waals surface area contributed by atoms with Gasteiger partial charge in [0.05, 0.1) is 27.4 Å². The molecule has 7 heteroatoms. The van der Waals surface area contributed by atoms with Crippen LogP contribution in [0, 0.1) is 0 Å². The predicted molar refractivity (Wildman–Crippen MR) is 111 cm³/mol. The summed E-state index contributed by atoms with van der Waals surface area (Å²) in [6.07, 6.45) is 4.47. The number of carbonyl (C=O) groups excluding carboxylic acids is 1. The van der Waals surface area contributed by atoms with Crippen LogP contribution in [0.3, 0.4) is 0 Å². The minimum Gasteiger partial charge on any atom is -0.493 e. The van der Waals surface area contributed by atoms with Crippen LogP contribution in [-0.2, 0) is 4.79 Å². The first-order valence-electron chi connectivity index (χ1n) is 9.01. The molecule has 1 fully saturated rings. The topological polar surface area (TPSA) is 51.2 Å². The van der Waals surface area contributed by atoms with Gasteiger partial charge in [0, 0.05) is 24.9 Å². The van der Waals surface area contributed by atoms with Crippen molar-refractivity contribution in [2.75, 3.05) is 60.0 Å². The van der Waals surface area contributed by atoms with Gasteiger partial charge in [-0.2, -0.15) is 11.8 Å². The van der Waals surface area contributed by atoms with E-state index in [4.69, 9.17) is 14.2 Å². The number of ether oxygens (including phenoxy) is 3. The van der Waals surface area contributed by atoms with Crippen molar-refractivity contribution in [2.24, 2.45) is 0 Å². The van der Waals surface area contributed by atoms with Crippen molar-refractivity contribution in [3.8, 4) is 17.2 Å². The molecule has 1 amide bonds. The van der Waals surface area contributed by atoms with Crippen LogP contribution in [0.2, 0.25) is 0 Å². The lowest BCUT2D eigenvalue weighted by Crippen LogP contribution is -2.46. The molecule has 0 saturated carbocycles. The van der Waals surface area contributed by atoms with E-state index < -0.39 is 0 Å². The second kappa shape index (κ2) is 10.5. The first kappa shape index (κ1) is 21.4. The van der Waals surface area contributed by atoms with Crippen LogP contribution >= 0.6 is 11.8 Å². The fourth-order valence-corrected chi connectivity index (χ4v) is 4.21. The minimum absolute atomic E-state index is 0.0399. The average Bonchev–Trinajstić information content (AvgIpc) is 2.89. The number of carbonyl (C=O) groups is 1. The van der Waals surface area contributed by atoms with Gasteiger partial charge in [-0.05, 0) is 50.0 Å². The van der Waals surface area contributed by atoms with Gasteiger partial charge in [-0.3, -0.25) is 4.79 Å². The molecular formula is C20H30N2O4S. The number of amides is 1. The molecule has 0 radical (unpaired) electrons. The Kier molecular flexibility index (Phi) is 8.31. The van der Waals surface area contributed by atoms with Gasteiger partial charge < -0.3 is 24.0 Å². The van der Waals surface area contributed by atoms with Crippen LogP contribution in [-0.4, -0.2) is 81.8 Å². The number of hydrogen-bond acceptors (Lipinski definition) is 6. The number of hydrogen-bond donors (Lipinski definition) is 0. The Morgan fingerprint density at radius 1 is 1.22 bits per heavy atom. The highest BCUT2D eigenvalue weighted by Crippen LogP contribution is 2.38. The number of likely N-dealkylation sites (N-methyl/N-ethyl adjacent to an activating group) is 1. The molecule has 0 aromatic heterocycles. The molecule has 27 heavy (non-hydrogen) atoms. The lowest BCUT2D eigenvalue weighted by atomic mass is 10.1. The highest BCUT2D eigenvalue weighted by atomic mass is 32.2. The third kappa shape index (κ3) is 5.81. The highest BCUT2D eigenvalue weighted by Gasteiger charge is 2.24. The molecule has 150 valence electrons. The van der Waals surface area contributed by atoms with Crippen LogP contribution in [0.15, 0.2) is 18.2 Å².